The fourth-order valence-corrected chi connectivity index (χ4v) is 4.91. The van der Waals surface area contributed by atoms with E-state index < -0.39 is 45.8 Å². The lowest BCUT2D eigenvalue weighted by Crippen LogP contribution is -2.66. The van der Waals surface area contributed by atoms with Gasteiger partial charge in [-0.25, -0.2) is 0 Å². The number of aryl methyl sites for hydroxylation is 1. The van der Waals surface area contributed by atoms with Gasteiger partial charge in [-0.15, -0.1) is 0 Å². The average molecular weight is 519 g/mol. The fourth-order valence-electron chi connectivity index (χ4n) is 3.61. The van der Waals surface area contributed by atoms with Gasteiger partial charge in [0.05, 0.1) is 12.6 Å². The van der Waals surface area contributed by atoms with Crippen molar-refractivity contribution in [3.05, 3.63) is 65.7 Å². The van der Waals surface area contributed by atoms with Crippen LogP contribution in [0.5, 0.6) is 0 Å². The number of carbonyl (C=O) groups excluding carboxylic acids is 1. The van der Waals surface area contributed by atoms with Crippen molar-refractivity contribution in [2.75, 3.05) is 6.61 Å². The number of rotatable bonds is 4. The summed E-state index contributed by atoms with van der Waals surface area (Å²) in [4.78, 5) is 13.3. The number of halogens is 3. The van der Waals surface area contributed by atoms with Gasteiger partial charge in [0.2, 0.25) is 0 Å². The zero-order chi connectivity index (χ0) is 22.9. The van der Waals surface area contributed by atoms with Crippen LogP contribution >= 0.6 is 46.6 Å². The number of hydrogen-bond donors (Lipinski definition) is 2. The van der Waals surface area contributed by atoms with Gasteiger partial charge in [-0.05, 0) is 19.1 Å². The molecule has 2 aliphatic rings. The molecule has 32 heavy (non-hydrogen) atoms. The summed E-state index contributed by atoms with van der Waals surface area (Å²) in [7, 11) is 0. The van der Waals surface area contributed by atoms with E-state index >= 15 is 0 Å². The van der Waals surface area contributed by atoms with E-state index in [4.69, 9.17) is 49.0 Å². The highest BCUT2D eigenvalue weighted by Gasteiger charge is 2.51. The first-order valence-corrected chi connectivity index (χ1v) is 12.0. The number of alkyl halides is 3. The zero-order valence-electron chi connectivity index (χ0n) is 17.0. The second kappa shape index (κ2) is 10.1. The molecule has 2 N–H and O–H groups in total. The molecule has 2 aromatic rings. The van der Waals surface area contributed by atoms with E-state index in [0.29, 0.717) is 0 Å². The number of fused-ring (bicyclic) bond motifs is 1. The van der Waals surface area contributed by atoms with Gasteiger partial charge in [-0.2, -0.15) is 0 Å². The molecule has 0 saturated carbocycles. The van der Waals surface area contributed by atoms with Crippen molar-refractivity contribution in [1.29, 1.82) is 0 Å². The highest BCUT2D eigenvalue weighted by atomic mass is 35.6. The number of aliphatic hydroxyl groups excluding tert-OH is 1. The third kappa shape index (κ3) is 5.54. The monoisotopic (exact) mass is 517 g/mol. The predicted octanol–water partition coefficient (Wildman–Crippen LogP) is 4.14. The summed E-state index contributed by atoms with van der Waals surface area (Å²) in [6, 6.07) is 16.3. The first kappa shape index (κ1) is 24.1. The van der Waals surface area contributed by atoms with Crippen molar-refractivity contribution in [2.45, 2.75) is 51.7 Å². The average Bonchev–Trinajstić information content (AvgIpc) is 2.77. The molecule has 2 heterocycles. The normalized spacial score (nSPS) is 30.4. The zero-order valence-corrected chi connectivity index (χ0v) is 20.1. The van der Waals surface area contributed by atoms with Crippen molar-refractivity contribution in [3.8, 4) is 0 Å². The lowest BCUT2D eigenvalue weighted by Gasteiger charge is -2.48. The van der Waals surface area contributed by atoms with Gasteiger partial charge in [0, 0.05) is 10.5 Å². The van der Waals surface area contributed by atoms with Crippen molar-refractivity contribution < 1.29 is 24.1 Å². The van der Waals surface area contributed by atoms with E-state index in [1.165, 1.54) is 11.8 Å². The van der Waals surface area contributed by atoms with Crippen LogP contribution in [0.15, 0.2) is 59.5 Å². The molecule has 0 aliphatic carbocycles. The van der Waals surface area contributed by atoms with Crippen molar-refractivity contribution in [3.63, 3.8) is 0 Å². The number of aliphatic hydroxyl groups is 1. The van der Waals surface area contributed by atoms with E-state index in [1.54, 1.807) is 0 Å². The molecule has 0 aromatic heterocycles. The third-order valence-electron chi connectivity index (χ3n) is 5.27. The molecule has 2 aliphatic heterocycles. The molecule has 1 amide bonds. The van der Waals surface area contributed by atoms with Gasteiger partial charge < -0.3 is 24.6 Å². The molecular formula is C22H22Cl3NO5S. The summed E-state index contributed by atoms with van der Waals surface area (Å²) in [6.45, 7) is 2.21. The van der Waals surface area contributed by atoms with Crippen LogP contribution in [0.25, 0.3) is 0 Å². The predicted molar refractivity (Wildman–Crippen MR) is 124 cm³/mol. The Morgan fingerprint density at radius 2 is 1.78 bits per heavy atom. The molecule has 6 nitrogen and oxygen atoms in total. The Morgan fingerprint density at radius 3 is 2.44 bits per heavy atom. The van der Waals surface area contributed by atoms with Crippen LogP contribution in [0.2, 0.25) is 0 Å². The molecule has 0 unspecified atom stereocenters. The quantitative estimate of drug-likeness (QED) is 0.593. The van der Waals surface area contributed by atoms with Gasteiger partial charge in [-0.1, -0.05) is 94.6 Å². The van der Waals surface area contributed by atoms with Gasteiger partial charge in [-0.3, -0.25) is 4.79 Å². The van der Waals surface area contributed by atoms with E-state index in [1.807, 2.05) is 61.5 Å². The second-order valence-corrected chi connectivity index (χ2v) is 11.1. The third-order valence-corrected chi connectivity index (χ3v) is 6.96. The standard InChI is InChI=1S/C22H22Cl3NO5S/c1-12-7-9-14(10-8-12)32-20-16(26-21(28)22(23,24)25)17(27)18-15(30-20)11-29-19(31-18)13-5-3-2-4-6-13/h2-10,15-20,27H,11H2,1H3,(H,26,28)/t15-,16-,17-,18-,19-,20+/m1/s1. The number of ether oxygens (including phenoxy) is 3. The van der Waals surface area contributed by atoms with E-state index in [0.717, 1.165) is 16.0 Å². The minimum atomic E-state index is -2.18. The number of amides is 1. The summed E-state index contributed by atoms with van der Waals surface area (Å²) < 4.78 is 15.9. The molecular weight excluding hydrogens is 497 g/mol. The summed E-state index contributed by atoms with van der Waals surface area (Å²) in [5.41, 5.74) is 1.27. The van der Waals surface area contributed by atoms with E-state index in [-0.39, 0.29) is 6.61 Å². The maximum atomic E-state index is 12.4. The Hall–Kier alpha value is -1.03. The Kier molecular flexibility index (Phi) is 7.59. The highest BCUT2D eigenvalue weighted by molar-refractivity contribution is 7.99. The second-order valence-electron chi connectivity index (χ2n) is 7.64. The maximum Gasteiger partial charge on any atom is 0.272 e. The SMILES string of the molecule is Cc1ccc(S[C@@H]2O[C@@H]3CO[C@@H](c4ccccc4)O[C@H]3[C@H](O)[C@H]2NC(=O)C(Cl)(Cl)Cl)cc1. The Bertz CT molecular complexity index is 927. The molecule has 0 radical (unpaired) electrons. The van der Waals surface area contributed by atoms with Crippen LogP contribution in [0, 0.1) is 6.92 Å². The molecule has 6 atom stereocenters. The van der Waals surface area contributed by atoms with E-state index in [2.05, 4.69) is 5.32 Å². The number of thioether (sulfide) groups is 1. The maximum absolute atomic E-state index is 12.4. The van der Waals surface area contributed by atoms with Crippen LogP contribution < -0.4 is 5.32 Å². The van der Waals surface area contributed by atoms with Crippen molar-refractivity contribution >= 4 is 52.5 Å². The minimum absolute atomic E-state index is 0.220. The molecule has 0 bridgehead atoms. The fraction of sp³-hybridized carbons (Fsp3) is 0.409. The largest absolute Gasteiger partial charge is 0.388 e. The number of hydrogen-bond acceptors (Lipinski definition) is 6. The Balaban J connectivity index is 1.56. The lowest BCUT2D eigenvalue weighted by atomic mass is 9.96. The number of benzene rings is 2. The van der Waals surface area contributed by atoms with Crippen LogP contribution in [-0.4, -0.2) is 51.2 Å². The van der Waals surface area contributed by atoms with Gasteiger partial charge in [0.1, 0.15) is 23.7 Å². The van der Waals surface area contributed by atoms with Crippen LogP contribution in [-0.2, 0) is 19.0 Å². The summed E-state index contributed by atoms with van der Waals surface area (Å²) in [6.07, 6.45) is -3.07. The number of carbonyl (C=O) groups is 1. The van der Waals surface area contributed by atoms with Gasteiger partial charge >= 0.3 is 0 Å². The lowest BCUT2D eigenvalue weighted by molar-refractivity contribution is -0.306. The van der Waals surface area contributed by atoms with E-state index in [9.17, 15) is 9.90 Å². The summed E-state index contributed by atoms with van der Waals surface area (Å²) in [5, 5.41) is 13.8. The molecule has 172 valence electrons. The highest BCUT2D eigenvalue weighted by Crippen LogP contribution is 2.39. The molecule has 2 aromatic carbocycles. The van der Waals surface area contributed by atoms with Gasteiger partial charge in [0.15, 0.2) is 6.29 Å². The van der Waals surface area contributed by atoms with Crippen molar-refractivity contribution in [2.24, 2.45) is 0 Å². The molecule has 10 heteroatoms. The van der Waals surface area contributed by atoms with Crippen LogP contribution in [0.1, 0.15) is 17.4 Å². The Morgan fingerprint density at radius 1 is 1.09 bits per heavy atom. The topological polar surface area (TPSA) is 77.0 Å². The molecule has 0 spiro atoms. The minimum Gasteiger partial charge on any atom is -0.388 e. The van der Waals surface area contributed by atoms with Gasteiger partial charge in [0.25, 0.3) is 9.70 Å². The number of nitrogens with one attached hydrogen (secondary N) is 1. The summed E-state index contributed by atoms with van der Waals surface area (Å²) in [5.74, 6) is -0.852. The Labute approximate surface area is 205 Å². The molecule has 2 saturated heterocycles. The summed E-state index contributed by atoms with van der Waals surface area (Å²) >= 11 is 18.6. The molecule has 4 rings (SSSR count). The van der Waals surface area contributed by atoms with Crippen molar-refractivity contribution in [1.82, 2.24) is 5.32 Å². The van der Waals surface area contributed by atoms with Crippen LogP contribution in [0.4, 0.5) is 0 Å². The first-order valence-electron chi connectivity index (χ1n) is 9.99. The smallest absolute Gasteiger partial charge is 0.272 e. The molecule has 2 fully saturated rings. The first-order chi connectivity index (χ1) is 15.2. The van der Waals surface area contributed by atoms with Crippen LogP contribution in [0.3, 0.4) is 0 Å².